The third-order valence-electron chi connectivity index (χ3n) is 4.16. The van der Waals surface area contributed by atoms with Crippen LogP contribution in [-0.2, 0) is 4.79 Å². The van der Waals surface area contributed by atoms with Crippen molar-refractivity contribution in [2.45, 2.75) is 19.9 Å². The highest BCUT2D eigenvalue weighted by Crippen LogP contribution is 2.34. The molecule has 1 N–H and O–H groups in total. The predicted octanol–water partition coefficient (Wildman–Crippen LogP) is 1.38. The minimum absolute atomic E-state index is 0.0110. The summed E-state index contributed by atoms with van der Waals surface area (Å²) in [6.07, 6.45) is 0. The number of hydrogen-bond acceptors (Lipinski definition) is 5. The molecular weight excluding hydrogens is 282 g/mol. The molecule has 0 aliphatic carbocycles. The number of carbonyl (C=O) groups is 1. The van der Waals surface area contributed by atoms with Crippen LogP contribution >= 0.6 is 0 Å². The Bertz CT molecular complexity index is 539. The Labute approximate surface area is 131 Å². The fraction of sp³-hybridized carbons (Fsp3) is 0.562. The maximum absolute atomic E-state index is 12.2. The van der Waals surface area contributed by atoms with Crippen LogP contribution in [0.4, 0.5) is 5.69 Å². The molecule has 22 heavy (non-hydrogen) atoms. The Kier molecular flexibility index (Phi) is 4.49. The molecule has 0 radical (unpaired) electrons. The van der Waals surface area contributed by atoms with Crippen molar-refractivity contribution in [1.29, 1.82) is 0 Å². The second-order valence-electron chi connectivity index (χ2n) is 6.02. The second-order valence-corrected chi connectivity index (χ2v) is 6.02. The zero-order chi connectivity index (χ0) is 15.5. The van der Waals surface area contributed by atoms with Gasteiger partial charge in [-0.25, -0.2) is 0 Å². The summed E-state index contributed by atoms with van der Waals surface area (Å²) in [7, 11) is 0. The van der Waals surface area contributed by atoms with E-state index in [1.807, 2.05) is 12.1 Å². The Morgan fingerprint density at radius 1 is 1.18 bits per heavy atom. The maximum Gasteiger partial charge on any atom is 0.238 e. The average Bonchev–Trinajstić information content (AvgIpc) is 2.95. The summed E-state index contributed by atoms with van der Waals surface area (Å²) in [5.41, 5.74) is 0.745. The molecule has 0 bridgehead atoms. The van der Waals surface area contributed by atoms with Gasteiger partial charge in [0.15, 0.2) is 11.5 Å². The molecule has 2 aliphatic heterocycles. The van der Waals surface area contributed by atoms with E-state index in [9.17, 15) is 4.79 Å². The SMILES string of the molecule is CC(C)N1CCN(CC(=O)Nc2ccc3c(c2)OCO3)CC1. The van der Waals surface area contributed by atoms with Crippen LogP contribution in [0.3, 0.4) is 0 Å². The van der Waals surface area contributed by atoms with Crippen molar-refractivity contribution in [2.75, 3.05) is 44.8 Å². The summed E-state index contributed by atoms with van der Waals surface area (Å²) in [6, 6.07) is 6.03. The third kappa shape index (κ3) is 3.51. The van der Waals surface area contributed by atoms with Crippen molar-refractivity contribution in [1.82, 2.24) is 9.80 Å². The van der Waals surface area contributed by atoms with E-state index in [4.69, 9.17) is 9.47 Å². The van der Waals surface area contributed by atoms with Crippen LogP contribution in [-0.4, -0.2) is 61.3 Å². The van der Waals surface area contributed by atoms with Crippen LogP contribution in [0.25, 0.3) is 0 Å². The molecule has 1 saturated heterocycles. The highest BCUT2D eigenvalue weighted by Gasteiger charge is 2.21. The first-order valence-corrected chi connectivity index (χ1v) is 7.78. The van der Waals surface area contributed by atoms with E-state index in [1.54, 1.807) is 6.07 Å². The minimum Gasteiger partial charge on any atom is -0.454 e. The number of nitrogens with one attached hydrogen (secondary N) is 1. The molecule has 0 aromatic heterocycles. The molecule has 0 saturated carbocycles. The molecule has 6 nitrogen and oxygen atoms in total. The van der Waals surface area contributed by atoms with E-state index < -0.39 is 0 Å². The summed E-state index contributed by atoms with van der Waals surface area (Å²) < 4.78 is 10.6. The molecule has 1 aromatic carbocycles. The Morgan fingerprint density at radius 2 is 1.91 bits per heavy atom. The van der Waals surface area contributed by atoms with E-state index in [-0.39, 0.29) is 12.7 Å². The molecule has 3 rings (SSSR count). The fourth-order valence-electron chi connectivity index (χ4n) is 2.82. The predicted molar refractivity (Wildman–Crippen MR) is 84.3 cm³/mol. The van der Waals surface area contributed by atoms with Gasteiger partial charge in [-0.1, -0.05) is 0 Å². The first kappa shape index (κ1) is 15.1. The zero-order valence-electron chi connectivity index (χ0n) is 13.2. The number of amides is 1. The first-order valence-electron chi connectivity index (χ1n) is 7.78. The van der Waals surface area contributed by atoms with Gasteiger partial charge < -0.3 is 14.8 Å². The summed E-state index contributed by atoms with van der Waals surface area (Å²) in [5.74, 6) is 1.42. The Hall–Kier alpha value is -1.79. The van der Waals surface area contributed by atoms with E-state index in [1.165, 1.54) is 0 Å². The van der Waals surface area contributed by atoms with Crippen LogP contribution in [0.1, 0.15) is 13.8 Å². The van der Waals surface area contributed by atoms with Crippen LogP contribution in [0.2, 0.25) is 0 Å². The number of fused-ring (bicyclic) bond motifs is 1. The molecule has 0 unspecified atom stereocenters. The lowest BCUT2D eigenvalue weighted by atomic mass is 10.2. The van der Waals surface area contributed by atoms with Crippen molar-refractivity contribution in [3.05, 3.63) is 18.2 Å². The molecule has 120 valence electrons. The van der Waals surface area contributed by atoms with Crippen molar-refractivity contribution >= 4 is 11.6 Å². The van der Waals surface area contributed by atoms with Crippen molar-refractivity contribution in [3.8, 4) is 11.5 Å². The molecule has 0 atom stereocenters. The lowest BCUT2D eigenvalue weighted by molar-refractivity contribution is -0.117. The zero-order valence-corrected chi connectivity index (χ0v) is 13.2. The summed E-state index contributed by atoms with van der Waals surface area (Å²) >= 11 is 0. The van der Waals surface area contributed by atoms with Crippen molar-refractivity contribution in [2.24, 2.45) is 0 Å². The Balaban J connectivity index is 1.49. The fourth-order valence-corrected chi connectivity index (χ4v) is 2.82. The van der Waals surface area contributed by atoms with Crippen LogP contribution in [0.5, 0.6) is 11.5 Å². The number of ether oxygens (including phenoxy) is 2. The topological polar surface area (TPSA) is 54.0 Å². The van der Waals surface area contributed by atoms with E-state index >= 15 is 0 Å². The number of carbonyl (C=O) groups excluding carboxylic acids is 1. The van der Waals surface area contributed by atoms with E-state index in [0.29, 0.717) is 18.3 Å². The Morgan fingerprint density at radius 3 is 2.64 bits per heavy atom. The van der Waals surface area contributed by atoms with Crippen LogP contribution < -0.4 is 14.8 Å². The maximum atomic E-state index is 12.2. The van der Waals surface area contributed by atoms with Gasteiger partial charge in [-0.05, 0) is 26.0 Å². The van der Waals surface area contributed by atoms with Crippen molar-refractivity contribution in [3.63, 3.8) is 0 Å². The number of piperazine rings is 1. The lowest BCUT2D eigenvalue weighted by Gasteiger charge is -2.36. The minimum atomic E-state index is 0.0110. The highest BCUT2D eigenvalue weighted by molar-refractivity contribution is 5.92. The van der Waals surface area contributed by atoms with E-state index in [2.05, 4.69) is 29.0 Å². The molecule has 2 aliphatic rings. The summed E-state index contributed by atoms with van der Waals surface area (Å²) in [5, 5.41) is 2.92. The first-order chi connectivity index (χ1) is 10.6. The molecule has 6 heteroatoms. The number of rotatable bonds is 4. The molecule has 1 amide bonds. The number of anilines is 1. The van der Waals surface area contributed by atoms with Gasteiger partial charge in [0.2, 0.25) is 12.7 Å². The smallest absolute Gasteiger partial charge is 0.238 e. The third-order valence-corrected chi connectivity index (χ3v) is 4.16. The van der Waals surface area contributed by atoms with Crippen LogP contribution in [0, 0.1) is 0 Å². The molecule has 1 aromatic rings. The summed E-state index contributed by atoms with van der Waals surface area (Å²) in [4.78, 5) is 16.8. The number of benzene rings is 1. The molecule has 1 fully saturated rings. The largest absolute Gasteiger partial charge is 0.454 e. The quantitative estimate of drug-likeness (QED) is 0.911. The van der Waals surface area contributed by atoms with Crippen molar-refractivity contribution < 1.29 is 14.3 Å². The molecule has 0 spiro atoms. The highest BCUT2D eigenvalue weighted by atomic mass is 16.7. The molecule has 2 heterocycles. The van der Waals surface area contributed by atoms with Gasteiger partial charge >= 0.3 is 0 Å². The van der Waals surface area contributed by atoms with Gasteiger partial charge in [-0.2, -0.15) is 0 Å². The van der Waals surface area contributed by atoms with Gasteiger partial charge in [-0.15, -0.1) is 0 Å². The van der Waals surface area contributed by atoms with Gasteiger partial charge in [0.25, 0.3) is 0 Å². The molecular formula is C16H23N3O3. The second kappa shape index (κ2) is 6.54. The normalized spacial score (nSPS) is 18.7. The lowest BCUT2D eigenvalue weighted by Crippen LogP contribution is -2.50. The monoisotopic (exact) mass is 305 g/mol. The van der Waals surface area contributed by atoms with Gasteiger partial charge in [0, 0.05) is 44.0 Å². The van der Waals surface area contributed by atoms with Crippen LogP contribution in [0.15, 0.2) is 18.2 Å². The van der Waals surface area contributed by atoms with Gasteiger partial charge in [-0.3, -0.25) is 14.6 Å². The standard InChI is InChI=1S/C16H23N3O3/c1-12(2)19-7-5-18(6-8-19)10-16(20)17-13-3-4-14-15(9-13)22-11-21-14/h3-4,9,12H,5-8,10-11H2,1-2H3,(H,17,20). The van der Waals surface area contributed by atoms with E-state index in [0.717, 1.165) is 37.6 Å². The number of hydrogen-bond donors (Lipinski definition) is 1. The van der Waals surface area contributed by atoms with Gasteiger partial charge in [0.1, 0.15) is 0 Å². The average molecular weight is 305 g/mol. The number of nitrogens with zero attached hydrogens (tertiary/aromatic N) is 2. The van der Waals surface area contributed by atoms with Gasteiger partial charge in [0.05, 0.1) is 6.54 Å². The summed E-state index contributed by atoms with van der Waals surface area (Å²) in [6.45, 7) is 9.01.